The Kier molecular flexibility index (Phi) is 14.9. The lowest BCUT2D eigenvalue weighted by atomic mass is 10.3. The molecule has 0 bridgehead atoms. The number of carbonyl (C=O) groups is 4. The van der Waals surface area contributed by atoms with Crippen LogP contribution in [0, 0.1) is 0 Å². The van der Waals surface area contributed by atoms with Crippen molar-refractivity contribution in [1.82, 2.24) is 0 Å². The van der Waals surface area contributed by atoms with Crippen LogP contribution >= 0.6 is 0 Å². The highest BCUT2D eigenvalue weighted by molar-refractivity contribution is 6.23. The SMILES string of the molecule is CC(=O)C=O.COC(=O)CC(C)=O.O. The van der Waals surface area contributed by atoms with E-state index in [9.17, 15) is 14.4 Å². The lowest BCUT2D eigenvalue weighted by Gasteiger charge is -1.90. The predicted octanol–water partition coefficient (Wildman–Crippen LogP) is -0.912. The number of hydrogen-bond acceptors (Lipinski definition) is 5. The topological polar surface area (TPSA) is 109 Å². The summed E-state index contributed by atoms with van der Waals surface area (Å²) in [5, 5.41) is 0. The van der Waals surface area contributed by atoms with Crippen molar-refractivity contribution in [2.75, 3.05) is 7.11 Å². The summed E-state index contributed by atoms with van der Waals surface area (Å²) in [6.07, 6.45) is 0.163. The Morgan fingerprint density at radius 1 is 1.21 bits per heavy atom. The van der Waals surface area contributed by atoms with Gasteiger partial charge in [-0.05, 0) is 6.92 Å². The standard InChI is InChI=1S/C5H8O3.C3H4O2.H2O/c1-4(6)3-5(7)8-2;1-3(5)2-4;/h3H2,1-2H3;2H,1H3;1H2. The van der Waals surface area contributed by atoms with E-state index in [1.54, 1.807) is 0 Å². The Morgan fingerprint density at radius 2 is 1.57 bits per heavy atom. The second kappa shape index (κ2) is 11.4. The molecule has 0 rings (SSSR count). The van der Waals surface area contributed by atoms with Gasteiger partial charge in [0.2, 0.25) is 0 Å². The monoisotopic (exact) mass is 206 g/mol. The van der Waals surface area contributed by atoms with Crippen molar-refractivity contribution in [1.29, 1.82) is 0 Å². The average Bonchev–Trinajstić information content (AvgIpc) is 2.04. The smallest absolute Gasteiger partial charge is 0.313 e. The van der Waals surface area contributed by atoms with E-state index in [1.807, 2.05) is 0 Å². The zero-order valence-electron chi connectivity index (χ0n) is 8.33. The first kappa shape index (κ1) is 18.3. The van der Waals surface area contributed by atoms with E-state index in [4.69, 9.17) is 4.79 Å². The van der Waals surface area contributed by atoms with Gasteiger partial charge in [0.05, 0.1) is 7.11 Å². The maximum Gasteiger partial charge on any atom is 0.313 e. The first-order valence-corrected chi connectivity index (χ1v) is 3.46. The molecule has 0 amide bonds. The first-order chi connectivity index (χ1) is 5.93. The fraction of sp³-hybridized carbons (Fsp3) is 0.500. The lowest BCUT2D eigenvalue weighted by Crippen LogP contribution is -2.05. The molecule has 0 unspecified atom stereocenters. The molecule has 0 saturated heterocycles. The van der Waals surface area contributed by atoms with Gasteiger partial charge in [0, 0.05) is 6.92 Å². The van der Waals surface area contributed by atoms with E-state index in [2.05, 4.69) is 4.74 Å². The second-order valence-corrected chi connectivity index (χ2v) is 2.18. The zero-order chi connectivity index (χ0) is 10.9. The molecular formula is C8H14O6. The van der Waals surface area contributed by atoms with Crippen molar-refractivity contribution in [3.8, 4) is 0 Å². The number of rotatable bonds is 3. The van der Waals surface area contributed by atoms with Gasteiger partial charge in [0.25, 0.3) is 0 Å². The summed E-state index contributed by atoms with van der Waals surface area (Å²) in [5.41, 5.74) is 0. The molecule has 82 valence electrons. The number of ether oxygens (including phenoxy) is 1. The molecule has 0 spiro atoms. The van der Waals surface area contributed by atoms with Gasteiger partial charge in [-0.15, -0.1) is 0 Å². The zero-order valence-corrected chi connectivity index (χ0v) is 8.33. The molecule has 0 aliphatic heterocycles. The maximum atomic E-state index is 10.2. The molecule has 0 atom stereocenters. The van der Waals surface area contributed by atoms with Crippen LogP contribution in [0.4, 0.5) is 0 Å². The third kappa shape index (κ3) is 22.4. The summed E-state index contributed by atoms with van der Waals surface area (Å²) in [6, 6.07) is 0. The average molecular weight is 206 g/mol. The van der Waals surface area contributed by atoms with Gasteiger partial charge in [0.15, 0.2) is 12.1 Å². The summed E-state index contributed by atoms with van der Waals surface area (Å²) in [4.78, 5) is 38.9. The molecule has 0 radical (unpaired) electrons. The molecule has 0 saturated carbocycles. The molecule has 0 aromatic carbocycles. The van der Waals surface area contributed by atoms with Crippen molar-refractivity contribution in [3.63, 3.8) is 0 Å². The van der Waals surface area contributed by atoms with Crippen LogP contribution < -0.4 is 0 Å². The van der Waals surface area contributed by atoms with Crippen molar-refractivity contribution in [2.45, 2.75) is 20.3 Å². The van der Waals surface area contributed by atoms with Gasteiger partial charge < -0.3 is 10.2 Å². The molecule has 2 N–H and O–H groups in total. The molecule has 0 fully saturated rings. The third-order valence-electron chi connectivity index (χ3n) is 0.787. The van der Waals surface area contributed by atoms with Gasteiger partial charge in [-0.1, -0.05) is 0 Å². The van der Waals surface area contributed by atoms with Crippen molar-refractivity contribution in [3.05, 3.63) is 0 Å². The number of esters is 1. The summed E-state index contributed by atoms with van der Waals surface area (Å²) >= 11 is 0. The van der Waals surface area contributed by atoms with Crippen LogP contribution in [-0.4, -0.2) is 36.4 Å². The van der Waals surface area contributed by atoms with Crippen LogP contribution in [0.5, 0.6) is 0 Å². The van der Waals surface area contributed by atoms with E-state index in [0.717, 1.165) is 0 Å². The number of hydrogen-bond donors (Lipinski definition) is 0. The summed E-state index contributed by atoms with van der Waals surface area (Å²) in [7, 11) is 1.26. The maximum absolute atomic E-state index is 10.2. The van der Waals surface area contributed by atoms with Crippen molar-refractivity contribution in [2.24, 2.45) is 0 Å². The predicted molar refractivity (Wildman–Crippen MR) is 47.7 cm³/mol. The third-order valence-corrected chi connectivity index (χ3v) is 0.787. The normalized spacial score (nSPS) is 7.07. The Labute approximate surface area is 81.5 Å². The summed E-state index contributed by atoms with van der Waals surface area (Å²) in [5.74, 6) is -1.07. The van der Waals surface area contributed by atoms with Crippen LogP contribution in [-0.2, 0) is 23.9 Å². The minimum atomic E-state index is -0.475. The van der Waals surface area contributed by atoms with E-state index in [1.165, 1.54) is 21.0 Å². The molecule has 14 heavy (non-hydrogen) atoms. The molecule has 6 nitrogen and oxygen atoms in total. The highest BCUT2D eigenvalue weighted by Crippen LogP contribution is 1.83. The largest absolute Gasteiger partial charge is 0.469 e. The van der Waals surface area contributed by atoms with Gasteiger partial charge in [0.1, 0.15) is 12.2 Å². The minimum Gasteiger partial charge on any atom is -0.469 e. The van der Waals surface area contributed by atoms with Crippen molar-refractivity contribution >= 4 is 23.8 Å². The fourth-order valence-corrected chi connectivity index (χ4v) is 0.275. The van der Waals surface area contributed by atoms with E-state index in [-0.39, 0.29) is 24.0 Å². The van der Waals surface area contributed by atoms with Crippen LogP contribution in [0.15, 0.2) is 0 Å². The highest BCUT2D eigenvalue weighted by atomic mass is 16.5. The molecule has 0 heterocycles. The number of methoxy groups -OCH3 is 1. The summed E-state index contributed by atoms with van der Waals surface area (Å²) in [6.45, 7) is 2.56. The van der Waals surface area contributed by atoms with E-state index in [0.29, 0.717) is 0 Å². The van der Waals surface area contributed by atoms with Crippen LogP contribution in [0.3, 0.4) is 0 Å². The number of Topliss-reactive ketones (excluding diaryl/α,β-unsaturated/α-hetero) is 2. The van der Waals surface area contributed by atoms with Crippen LogP contribution in [0.1, 0.15) is 20.3 Å². The first-order valence-electron chi connectivity index (χ1n) is 3.46. The van der Waals surface area contributed by atoms with E-state index < -0.39 is 11.8 Å². The molecule has 6 heteroatoms. The number of carbonyl (C=O) groups excluding carboxylic acids is 4. The highest BCUT2D eigenvalue weighted by Gasteiger charge is 2.01. The van der Waals surface area contributed by atoms with Gasteiger partial charge >= 0.3 is 5.97 Å². The molecule has 0 aromatic heterocycles. The Hall–Kier alpha value is -1.56. The molecular weight excluding hydrogens is 192 g/mol. The summed E-state index contributed by atoms with van der Waals surface area (Å²) < 4.78 is 4.20. The Bertz CT molecular complexity index is 208. The number of ketones is 2. The molecule has 0 aliphatic carbocycles. The molecule has 0 aromatic rings. The van der Waals surface area contributed by atoms with Gasteiger partial charge in [-0.25, -0.2) is 0 Å². The van der Waals surface area contributed by atoms with Gasteiger partial charge in [-0.3, -0.25) is 19.2 Å². The Balaban J connectivity index is -0.000000177. The quantitative estimate of drug-likeness (QED) is 0.257. The van der Waals surface area contributed by atoms with E-state index >= 15 is 0 Å². The fourth-order valence-electron chi connectivity index (χ4n) is 0.275. The second-order valence-electron chi connectivity index (χ2n) is 2.18. The Morgan fingerprint density at radius 3 is 1.64 bits per heavy atom. The molecule has 0 aliphatic rings. The van der Waals surface area contributed by atoms with Crippen LogP contribution in [0.2, 0.25) is 0 Å². The van der Waals surface area contributed by atoms with Gasteiger partial charge in [-0.2, -0.15) is 0 Å². The minimum absolute atomic E-state index is 0. The lowest BCUT2D eigenvalue weighted by molar-refractivity contribution is -0.143. The van der Waals surface area contributed by atoms with Crippen molar-refractivity contribution < 1.29 is 29.4 Å². The number of aldehydes is 1. The van der Waals surface area contributed by atoms with Crippen LogP contribution in [0.25, 0.3) is 0 Å².